The maximum absolute atomic E-state index is 10.1. The topological polar surface area (TPSA) is 127 Å². The molecule has 0 heterocycles. The Kier molecular flexibility index (Phi) is 12.8. The molecule has 0 aliphatic heterocycles. The third-order valence-electron chi connectivity index (χ3n) is 0.283. The van der Waals surface area contributed by atoms with E-state index in [9.17, 15) is 16.8 Å². The Morgan fingerprint density at radius 2 is 1.15 bits per heavy atom. The van der Waals surface area contributed by atoms with Gasteiger partial charge in [0.05, 0.1) is 0 Å². The van der Waals surface area contributed by atoms with Crippen molar-refractivity contribution in [2.24, 2.45) is 0 Å². The molecule has 2 N–H and O–H groups in total. The molecule has 90 valence electrons. The van der Waals surface area contributed by atoms with E-state index in [0.29, 0.717) is 0 Å². The van der Waals surface area contributed by atoms with Gasteiger partial charge in [0.25, 0.3) is 0 Å². The quantitative estimate of drug-likeness (QED) is 0.463. The molecule has 0 aromatic heterocycles. The Bertz CT molecular complexity index is 243. The van der Waals surface area contributed by atoms with Gasteiger partial charge in [-0.3, -0.25) is 9.11 Å². The van der Waals surface area contributed by atoms with E-state index in [2.05, 4.69) is 7.26 Å². The van der Waals surface area contributed by atoms with E-state index in [1.807, 2.05) is 0 Å². The molecule has 2 unspecified atom stereocenters. The third-order valence-corrected chi connectivity index (χ3v) is 2.55. The van der Waals surface area contributed by atoms with E-state index in [1.54, 1.807) is 0 Å². The summed E-state index contributed by atoms with van der Waals surface area (Å²) < 4.78 is 61.5. The van der Waals surface area contributed by atoms with Crippen LogP contribution in [0.15, 0.2) is 0 Å². The summed E-state index contributed by atoms with van der Waals surface area (Å²) >= 11 is -6.22. The van der Waals surface area contributed by atoms with Gasteiger partial charge in [-0.15, -0.1) is 7.26 Å². The first kappa shape index (κ1) is 19.7. The van der Waals surface area contributed by atoms with Crippen molar-refractivity contribution in [3.05, 3.63) is 0 Å². The van der Waals surface area contributed by atoms with E-state index in [0.717, 1.165) is 0 Å². The van der Waals surface area contributed by atoms with Crippen LogP contribution in [0.2, 0.25) is 0 Å². The molecule has 0 bridgehead atoms. The second-order valence-electron chi connectivity index (χ2n) is 0.979. The van der Waals surface area contributed by atoms with Crippen molar-refractivity contribution in [2.45, 2.75) is 0 Å². The monoisotopic (exact) mass is 352 g/mol. The first-order valence-corrected chi connectivity index (χ1v) is 5.10. The zero-order chi connectivity index (χ0) is 9.07. The molecule has 0 aromatic rings. The van der Waals surface area contributed by atoms with Gasteiger partial charge < -0.3 is 0 Å². The first-order chi connectivity index (χ1) is 4.83. The summed E-state index contributed by atoms with van der Waals surface area (Å²) in [5.41, 5.74) is 0. The minimum atomic E-state index is -4.88. The van der Waals surface area contributed by atoms with Crippen LogP contribution in [0, 0.1) is 0 Å². The van der Waals surface area contributed by atoms with Crippen molar-refractivity contribution in [1.82, 2.24) is 0 Å². The van der Waals surface area contributed by atoms with Crippen LogP contribution in [-0.2, 0) is 74.5 Å². The van der Waals surface area contributed by atoms with Crippen LogP contribution in [0.3, 0.4) is 0 Å². The molecule has 0 amide bonds. The Balaban J connectivity index is -0.000000500. The van der Waals surface area contributed by atoms with Crippen LogP contribution >= 0.6 is 0 Å². The van der Waals surface area contributed by atoms with Crippen molar-refractivity contribution in [3.63, 3.8) is 0 Å². The summed E-state index contributed by atoms with van der Waals surface area (Å²) in [4.78, 5) is 0. The zero-order valence-electron chi connectivity index (χ0n) is 5.17. The fraction of sp³-hybridized carbons (Fsp3) is 0. The molecule has 13 heavy (non-hydrogen) atoms. The van der Waals surface area contributed by atoms with Crippen LogP contribution < -0.4 is 0 Å². The van der Waals surface area contributed by atoms with Gasteiger partial charge in [-0.05, 0) is 0 Å². The van der Waals surface area contributed by atoms with E-state index < -0.39 is 33.1 Å². The largest absolute Gasteiger partial charge is 0.429 e. The third kappa shape index (κ3) is 13.1. The normalized spacial score (nSPS) is 14.9. The number of rotatable bonds is 4. The SMILES string of the molecule is O=S(O)OS(=O)(=O)OS(=O)O.[Cu].[Cu]. The van der Waals surface area contributed by atoms with Gasteiger partial charge >= 0.3 is 33.1 Å². The van der Waals surface area contributed by atoms with Crippen molar-refractivity contribution in [2.75, 3.05) is 0 Å². The maximum atomic E-state index is 10.1. The fourth-order valence-electron chi connectivity index (χ4n) is 0.154. The van der Waals surface area contributed by atoms with Gasteiger partial charge in [0, 0.05) is 34.1 Å². The Hall–Kier alpha value is 1.13. The average Bonchev–Trinajstić information content (AvgIpc) is 1.53. The molecule has 0 fully saturated rings. The Morgan fingerprint density at radius 3 is 1.31 bits per heavy atom. The molecule has 2 atom stereocenters. The van der Waals surface area contributed by atoms with Crippen molar-refractivity contribution < 1.29 is 67.3 Å². The predicted octanol–water partition coefficient (Wildman–Crippen LogP) is -1.47. The maximum Gasteiger partial charge on any atom is 0.429 e. The fourth-order valence-corrected chi connectivity index (χ4v) is 1.59. The van der Waals surface area contributed by atoms with Gasteiger partial charge in [-0.2, -0.15) is 16.8 Å². The zero-order valence-corrected chi connectivity index (χ0v) is 9.50. The summed E-state index contributed by atoms with van der Waals surface area (Å²) in [7, 11) is -4.88. The van der Waals surface area contributed by atoms with Gasteiger partial charge in [-0.25, -0.2) is 0 Å². The smallest absolute Gasteiger partial charge is 0.283 e. The van der Waals surface area contributed by atoms with E-state index in [1.165, 1.54) is 0 Å². The van der Waals surface area contributed by atoms with Gasteiger partial charge in [0.15, 0.2) is 0 Å². The minimum Gasteiger partial charge on any atom is -0.283 e. The molecule has 0 aromatic carbocycles. The molecule has 13 heteroatoms. The molecule has 0 aliphatic carbocycles. The molecular weight excluding hydrogens is 351 g/mol. The van der Waals surface area contributed by atoms with Gasteiger partial charge in [0.2, 0.25) is 0 Å². The summed E-state index contributed by atoms with van der Waals surface area (Å²) in [6.07, 6.45) is 0. The summed E-state index contributed by atoms with van der Waals surface area (Å²) in [6.45, 7) is 0. The molecule has 0 rings (SSSR count). The van der Waals surface area contributed by atoms with Crippen LogP contribution in [0.1, 0.15) is 0 Å². The summed E-state index contributed by atoms with van der Waals surface area (Å²) in [5, 5.41) is 0. The van der Waals surface area contributed by atoms with Crippen molar-refractivity contribution >= 4 is 33.1 Å². The average molecular weight is 353 g/mol. The second-order valence-corrected chi connectivity index (χ2v) is 3.75. The second kappa shape index (κ2) is 8.44. The molecule has 8 nitrogen and oxygen atoms in total. The van der Waals surface area contributed by atoms with Crippen LogP contribution in [0.4, 0.5) is 0 Å². The number of hydrogen-bond donors (Lipinski definition) is 2. The molecule has 2 radical (unpaired) electrons. The standard InChI is InChI=1S/2Cu.H2O8S3/c;;1-9(2)7-11(5,6)8-10(3)4/h;;(H,1,2)(H,3,4). The molecule has 0 spiro atoms. The minimum absolute atomic E-state index is 0. The summed E-state index contributed by atoms with van der Waals surface area (Å²) in [6, 6.07) is 0. The Morgan fingerprint density at radius 1 is 0.923 bits per heavy atom. The first-order valence-electron chi connectivity index (χ1n) is 1.70. The van der Waals surface area contributed by atoms with Crippen LogP contribution in [0.25, 0.3) is 0 Å². The van der Waals surface area contributed by atoms with Crippen LogP contribution in [0.5, 0.6) is 0 Å². The molecular formula is H2Cu2O8S3. The van der Waals surface area contributed by atoms with Crippen molar-refractivity contribution in [1.29, 1.82) is 0 Å². The van der Waals surface area contributed by atoms with Crippen LogP contribution in [-0.4, -0.2) is 25.9 Å². The Labute approximate surface area is 100 Å². The predicted molar refractivity (Wildman–Crippen MR) is 32.6 cm³/mol. The van der Waals surface area contributed by atoms with Gasteiger partial charge in [-0.1, -0.05) is 0 Å². The van der Waals surface area contributed by atoms with Gasteiger partial charge in [0.1, 0.15) is 0 Å². The van der Waals surface area contributed by atoms with E-state index >= 15 is 0 Å². The van der Waals surface area contributed by atoms with E-state index in [-0.39, 0.29) is 34.1 Å². The molecule has 0 aliphatic rings. The molecule has 0 saturated carbocycles. The molecule has 0 saturated heterocycles. The van der Waals surface area contributed by atoms with Crippen molar-refractivity contribution in [3.8, 4) is 0 Å². The number of hydrogen-bond acceptors (Lipinski definition) is 6. The van der Waals surface area contributed by atoms with E-state index in [4.69, 9.17) is 9.11 Å². The summed E-state index contributed by atoms with van der Waals surface area (Å²) in [5.74, 6) is 0.